The summed E-state index contributed by atoms with van der Waals surface area (Å²) in [5.74, 6) is -1.09. The van der Waals surface area contributed by atoms with E-state index >= 15 is 0 Å². The van der Waals surface area contributed by atoms with Crippen LogP contribution in [0, 0.1) is 6.92 Å². The van der Waals surface area contributed by atoms with E-state index in [0.29, 0.717) is 10.3 Å². The zero-order valence-corrected chi connectivity index (χ0v) is 11.2. The molecular formula is C9H11BrN2O3S. The third-order valence-electron chi connectivity index (χ3n) is 1.69. The minimum absolute atomic E-state index is 0.481. The number of sulfone groups is 1. The van der Waals surface area contributed by atoms with Gasteiger partial charge in [0.2, 0.25) is 5.91 Å². The summed E-state index contributed by atoms with van der Waals surface area (Å²) in [6.45, 7) is 1.82. The average molecular weight is 307 g/mol. The molecule has 16 heavy (non-hydrogen) atoms. The maximum Gasteiger partial charge on any atom is 0.239 e. The highest BCUT2D eigenvalue weighted by Crippen LogP contribution is 2.16. The SMILES string of the molecule is Cc1cc(NC(=O)CS(C)(=O)=O)cnc1Br. The fraction of sp³-hybridized carbons (Fsp3) is 0.333. The molecule has 0 aliphatic carbocycles. The van der Waals surface area contributed by atoms with Crippen molar-refractivity contribution in [1.29, 1.82) is 0 Å². The number of aryl methyl sites for hydroxylation is 1. The molecular weight excluding hydrogens is 296 g/mol. The molecule has 0 radical (unpaired) electrons. The molecule has 0 aliphatic rings. The van der Waals surface area contributed by atoms with E-state index in [1.54, 1.807) is 6.07 Å². The van der Waals surface area contributed by atoms with Gasteiger partial charge in [-0.2, -0.15) is 0 Å². The average Bonchev–Trinajstić information content (AvgIpc) is 2.08. The van der Waals surface area contributed by atoms with Gasteiger partial charge < -0.3 is 5.32 Å². The van der Waals surface area contributed by atoms with Gasteiger partial charge >= 0.3 is 0 Å². The van der Waals surface area contributed by atoms with Crippen LogP contribution in [0.2, 0.25) is 0 Å². The Labute approximate surface area is 102 Å². The summed E-state index contributed by atoms with van der Waals surface area (Å²) in [5.41, 5.74) is 1.34. The maximum atomic E-state index is 11.3. The van der Waals surface area contributed by atoms with Crippen LogP contribution in [-0.4, -0.2) is 31.3 Å². The number of carbonyl (C=O) groups is 1. The summed E-state index contributed by atoms with van der Waals surface area (Å²) in [7, 11) is -3.30. The zero-order valence-electron chi connectivity index (χ0n) is 8.82. The first-order valence-electron chi connectivity index (χ1n) is 4.37. The first-order chi connectivity index (χ1) is 7.28. The van der Waals surface area contributed by atoms with Crippen molar-refractivity contribution in [2.24, 2.45) is 0 Å². The van der Waals surface area contributed by atoms with Gasteiger partial charge in [-0.05, 0) is 34.5 Å². The molecule has 0 saturated carbocycles. The lowest BCUT2D eigenvalue weighted by Crippen LogP contribution is -2.22. The predicted octanol–water partition coefficient (Wildman–Crippen LogP) is 1.14. The van der Waals surface area contributed by atoms with Crippen molar-refractivity contribution in [1.82, 2.24) is 4.98 Å². The molecule has 5 nitrogen and oxygen atoms in total. The third kappa shape index (κ3) is 4.28. The van der Waals surface area contributed by atoms with E-state index < -0.39 is 21.5 Å². The van der Waals surface area contributed by atoms with Gasteiger partial charge in [-0.1, -0.05) is 0 Å². The van der Waals surface area contributed by atoms with Crippen molar-refractivity contribution < 1.29 is 13.2 Å². The number of nitrogens with one attached hydrogen (secondary N) is 1. The Kier molecular flexibility index (Phi) is 4.03. The van der Waals surface area contributed by atoms with Gasteiger partial charge in [-0.3, -0.25) is 4.79 Å². The fourth-order valence-electron chi connectivity index (χ4n) is 1.06. The standard InChI is InChI=1S/C9H11BrN2O3S/c1-6-3-7(4-11-9(6)10)12-8(13)5-16(2,14)15/h3-4H,5H2,1-2H3,(H,12,13). The molecule has 0 bridgehead atoms. The van der Waals surface area contributed by atoms with E-state index in [0.717, 1.165) is 11.8 Å². The minimum atomic E-state index is -3.30. The van der Waals surface area contributed by atoms with Gasteiger partial charge in [-0.15, -0.1) is 0 Å². The van der Waals surface area contributed by atoms with Crippen LogP contribution in [-0.2, 0) is 14.6 Å². The van der Waals surface area contributed by atoms with Crippen molar-refractivity contribution in [3.8, 4) is 0 Å². The lowest BCUT2D eigenvalue weighted by Gasteiger charge is -2.05. The van der Waals surface area contributed by atoms with Crippen LogP contribution in [0.25, 0.3) is 0 Å². The Balaban J connectivity index is 2.74. The van der Waals surface area contributed by atoms with E-state index in [-0.39, 0.29) is 0 Å². The van der Waals surface area contributed by atoms with Gasteiger partial charge in [0.05, 0.1) is 11.9 Å². The number of carbonyl (C=O) groups excluding carboxylic acids is 1. The summed E-state index contributed by atoms with van der Waals surface area (Å²) in [6, 6.07) is 1.71. The number of hydrogen-bond donors (Lipinski definition) is 1. The Morgan fingerprint density at radius 1 is 1.56 bits per heavy atom. The number of anilines is 1. The van der Waals surface area contributed by atoms with E-state index in [4.69, 9.17) is 0 Å². The molecule has 7 heteroatoms. The number of hydrogen-bond acceptors (Lipinski definition) is 4. The highest BCUT2D eigenvalue weighted by molar-refractivity contribution is 9.10. The van der Waals surface area contributed by atoms with Crippen LogP contribution in [0.3, 0.4) is 0 Å². The Morgan fingerprint density at radius 2 is 2.19 bits per heavy atom. The van der Waals surface area contributed by atoms with Crippen LogP contribution in [0.1, 0.15) is 5.56 Å². The smallest absolute Gasteiger partial charge is 0.239 e. The number of halogens is 1. The van der Waals surface area contributed by atoms with Crippen LogP contribution in [0.4, 0.5) is 5.69 Å². The van der Waals surface area contributed by atoms with Gasteiger partial charge in [-0.25, -0.2) is 13.4 Å². The second-order valence-corrected chi connectivity index (χ2v) is 6.34. The molecule has 0 saturated heterocycles. The van der Waals surface area contributed by atoms with E-state index in [2.05, 4.69) is 26.2 Å². The number of pyridine rings is 1. The second-order valence-electron chi connectivity index (χ2n) is 3.45. The number of amides is 1. The van der Waals surface area contributed by atoms with Crippen molar-refractivity contribution >= 4 is 37.4 Å². The largest absolute Gasteiger partial charge is 0.324 e. The fourth-order valence-corrected chi connectivity index (χ4v) is 1.83. The highest BCUT2D eigenvalue weighted by atomic mass is 79.9. The van der Waals surface area contributed by atoms with Gasteiger partial charge in [0.25, 0.3) is 0 Å². The first kappa shape index (κ1) is 13.1. The zero-order chi connectivity index (χ0) is 12.3. The van der Waals surface area contributed by atoms with Crippen molar-refractivity contribution in [3.05, 3.63) is 22.4 Å². The van der Waals surface area contributed by atoms with Gasteiger partial charge in [0.1, 0.15) is 10.4 Å². The molecule has 0 aliphatic heterocycles. The Hall–Kier alpha value is -0.950. The molecule has 1 heterocycles. The molecule has 0 unspecified atom stereocenters. The molecule has 0 aromatic carbocycles. The number of nitrogens with zero attached hydrogens (tertiary/aromatic N) is 1. The van der Waals surface area contributed by atoms with Crippen LogP contribution >= 0.6 is 15.9 Å². The normalized spacial score (nSPS) is 11.2. The quantitative estimate of drug-likeness (QED) is 0.850. The summed E-state index contributed by atoms with van der Waals surface area (Å²) < 4.78 is 22.4. The molecule has 0 fully saturated rings. The van der Waals surface area contributed by atoms with Crippen molar-refractivity contribution in [2.45, 2.75) is 6.92 Å². The Bertz CT molecular complexity index is 513. The van der Waals surface area contributed by atoms with Crippen LogP contribution in [0.15, 0.2) is 16.9 Å². The summed E-state index contributed by atoms with van der Waals surface area (Å²) in [4.78, 5) is 15.3. The number of aromatic nitrogens is 1. The monoisotopic (exact) mass is 306 g/mol. The van der Waals surface area contributed by atoms with Crippen LogP contribution < -0.4 is 5.32 Å². The minimum Gasteiger partial charge on any atom is -0.324 e. The molecule has 1 aromatic heterocycles. The maximum absolute atomic E-state index is 11.3. The predicted molar refractivity (Wildman–Crippen MR) is 65.0 cm³/mol. The number of rotatable bonds is 3. The van der Waals surface area contributed by atoms with Crippen molar-refractivity contribution in [2.75, 3.05) is 17.3 Å². The molecule has 88 valence electrons. The molecule has 1 amide bonds. The highest BCUT2D eigenvalue weighted by Gasteiger charge is 2.11. The first-order valence-corrected chi connectivity index (χ1v) is 7.23. The molecule has 0 spiro atoms. The molecule has 1 N–H and O–H groups in total. The summed E-state index contributed by atoms with van der Waals surface area (Å²) >= 11 is 3.22. The van der Waals surface area contributed by atoms with Crippen molar-refractivity contribution in [3.63, 3.8) is 0 Å². The lowest BCUT2D eigenvalue weighted by atomic mass is 10.3. The Morgan fingerprint density at radius 3 is 2.69 bits per heavy atom. The lowest BCUT2D eigenvalue weighted by molar-refractivity contribution is -0.113. The topological polar surface area (TPSA) is 76.1 Å². The summed E-state index contributed by atoms with van der Waals surface area (Å²) in [5, 5.41) is 2.47. The van der Waals surface area contributed by atoms with E-state index in [9.17, 15) is 13.2 Å². The molecule has 0 atom stereocenters. The van der Waals surface area contributed by atoms with Crippen LogP contribution in [0.5, 0.6) is 0 Å². The van der Waals surface area contributed by atoms with Gasteiger partial charge in [0, 0.05) is 6.26 Å². The third-order valence-corrected chi connectivity index (χ3v) is 3.31. The van der Waals surface area contributed by atoms with E-state index in [1.807, 2.05) is 6.92 Å². The molecule has 1 rings (SSSR count). The summed E-state index contributed by atoms with van der Waals surface area (Å²) in [6.07, 6.45) is 2.47. The second kappa shape index (κ2) is 4.92. The van der Waals surface area contributed by atoms with E-state index in [1.165, 1.54) is 6.20 Å². The van der Waals surface area contributed by atoms with Gasteiger partial charge in [0.15, 0.2) is 9.84 Å². The molecule has 1 aromatic rings.